The number of aromatic nitrogens is 1. The highest BCUT2D eigenvalue weighted by molar-refractivity contribution is 5.17. The zero-order chi connectivity index (χ0) is 13.3. The molecular weight excluding hydrogens is 247 g/mol. The second kappa shape index (κ2) is 4.66. The van der Waals surface area contributed by atoms with Crippen molar-refractivity contribution in [3.8, 4) is 5.75 Å². The Hall–Kier alpha value is -1.46. The van der Waals surface area contributed by atoms with Gasteiger partial charge in [-0.1, -0.05) is 0 Å². The summed E-state index contributed by atoms with van der Waals surface area (Å²) in [6, 6.07) is 3.10. The summed E-state index contributed by atoms with van der Waals surface area (Å²) in [5, 5.41) is 0. The van der Waals surface area contributed by atoms with Crippen LogP contribution < -0.4 is 10.3 Å². The van der Waals surface area contributed by atoms with Crippen LogP contribution in [0, 0.1) is 11.8 Å². The molecule has 18 heavy (non-hydrogen) atoms. The molecule has 2 rings (SSSR count). The van der Waals surface area contributed by atoms with Gasteiger partial charge in [-0.15, -0.1) is 0 Å². The minimum absolute atomic E-state index is 0.0522. The van der Waals surface area contributed by atoms with Gasteiger partial charge in [-0.25, -0.2) is 0 Å². The summed E-state index contributed by atoms with van der Waals surface area (Å²) in [5.74, 6) is -1.71. The average molecular weight is 261 g/mol. The number of aryl methyl sites for hydroxylation is 1. The standard InChI is InChI=1S/C12H14F3NO2/c1-16-6-2-3-10(11(16)17)18-7-8-4-5-9(8)12(13,14)15/h2-3,6,8-9H,4-5,7H2,1H3/t8-,9+/m0/s1. The smallest absolute Gasteiger partial charge is 0.392 e. The fourth-order valence-electron chi connectivity index (χ4n) is 2.08. The minimum Gasteiger partial charge on any atom is -0.488 e. The van der Waals surface area contributed by atoms with Crippen molar-refractivity contribution >= 4 is 0 Å². The topological polar surface area (TPSA) is 31.2 Å². The van der Waals surface area contributed by atoms with Crippen LogP contribution >= 0.6 is 0 Å². The molecule has 1 heterocycles. The highest BCUT2D eigenvalue weighted by Crippen LogP contribution is 2.45. The maximum Gasteiger partial charge on any atom is 0.392 e. The summed E-state index contributed by atoms with van der Waals surface area (Å²) in [6.45, 7) is -0.0522. The summed E-state index contributed by atoms with van der Waals surface area (Å²) in [4.78, 5) is 11.6. The predicted octanol–water partition coefficient (Wildman–Crippen LogP) is 2.35. The minimum atomic E-state index is -4.16. The Morgan fingerprint density at radius 1 is 1.44 bits per heavy atom. The summed E-state index contributed by atoms with van der Waals surface area (Å²) < 4.78 is 44.0. The molecule has 1 aromatic heterocycles. The van der Waals surface area contributed by atoms with Crippen molar-refractivity contribution in [2.45, 2.75) is 19.0 Å². The van der Waals surface area contributed by atoms with Crippen LogP contribution in [0.15, 0.2) is 23.1 Å². The second-order valence-electron chi connectivity index (χ2n) is 4.59. The molecule has 0 aliphatic heterocycles. The largest absolute Gasteiger partial charge is 0.488 e. The van der Waals surface area contributed by atoms with E-state index in [1.165, 1.54) is 10.6 Å². The Balaban J connectivity index is 1.97. The third-order valence-corrected chi connectivity index (χ3v) is 3.38. The number of alkyl halides is 3. The zero-order valence-electron chi connectivity index (χ0n) is 9.91. The van der Waals surface area contributed by atoms with Crippen molar-refractivity contribution in [1.29, 1.82) is 0 Å². The van der Waals surface area contributed by atoms with Crippen molar-refractivity contribution in [2.75, 3.05) is 6.61 Å². The molecule has 1 aromatic rings. The van der Waals surface area contributed by atoms with Crippen LogP contribution in [0.3, 0.4) is 0 Å². The molecule has 100 valence electrons. The third kappa shape index (κ3) is 2.52. The summed E-state index contributed by atoms with van der Waals surface area (Å²) in [6.07, 6.45) is -1.94. The molecule has 0 saturated heterocycles. The van der Waals surface area contributed by atoms with Crippen LogP contribution in [-0.2, 0) is 7.05 Å². The van der Waals surface area contributed by atoms with E-state index in [-0.39, 0.29) is 24.3 Å². The monoisotopic (exact) mass is 261 g/mol. The molecule has 1 aliphatic rings. The number of nitrogens with zero attached hydrogens (tertiary/aromatic N) is 1. The molecule has 2 atom stereocenters. The Labute approximate surface area is 102 Å². The number of pyridine rings is 1. The first-order valence-electron chi connectivity index (χ1n) is 5.74. The molecule has 0 aromatic carbocycles. The lowest BCUT2D eigenvalue weighted by Gasteiger charge is -2.37. The molecule has 0 unspecified atom stereocenters. The Bertz CT molecular complexity index is 481. The van der Waals surface area contributed by atoms with Crippen LogP contribution in [0.4, 0.5) is 13.2 Å². The third-order valence-electron chi connectivity index (χ3n) is 3.38. The van der Waals surface area contributed by atoms with E-state index < -0.39 is 18.0 Å². The first-order chi connectivity index (χ1) is 8.39. The lowest BCUT2D eigenvalue weighted by atomic mass is 9.74. The highest BCUT2D eigenvalue weighted by Gasteiger charge is 2.49. The highest BCUT2D eigenvalue weighted by atomic mass is 19.4. The van der Waals surface area contributed by atoms with Gasteiger partial charge in [0.1, 0.15) is 0 Å². The van der Waals surface area contributed by atoms with E-state index in [0.29, 0.717) is 6.42 Å². The van der Waals surface area contributed by atoms with Gasteiger partial charge in [-0.3, -0.25) is 4.79 Å². The van der Waals surface area contributed by atoms with Crippen molar-refractivity contribution in [3.63, 3.8) is 0 Å². The van der Waals surface area contributed by atoms with Crippen LogP contribution in [0.25, 0.3) is 0 Å². The Kier molecular flexibility index (Phi) is 3.36. The van der Waals surface area contributed by atoms with Crippen LogP contribution in [-0.4, -0.2) is 17.4 Å². The molecule has 1 fully saturated rings. The number of halogens is 3. The van der Waals surface area contributed by atoms with Crippen molar-refractivity contribution in [2.24, 2.45) is 18.9 Å². The molecular formula is C12H14F3NO2. The van der Waals surface area contributed by atoms with Crippen LogP contribution in [0.1, 0.15) is 12.8 Å². The van der Waals surface area contributed by atoms with Crippen molar-refractivity contribution < 1.29 is 17.9 Å². The van der Waals surface area contributed by atoms with Gasteiger partial charge in [0, 0.05) is 19.2 Å². The second-order valence-corrected chi connectivity index (χ2v) is 4.59. The fourth-order valence-corrected chi connectivity index (χ4v) is 2.08. The lowest BCUT2D eigenvalue weighted by Crippen LogP contribution is -2.41. The van der Waals surface area contributed by atoms with Crippen molar-refractivity contribution in [1.82, 2.24) is 4.57 Å². The normalized spacial score (nSPS) is 23.6. The molecule has 0 spiro atoms. The van der Waals surface area contributed by atoms with Gasteiger partial charge in [0.05, 0.1) is 12.5 Å². The van der Waals surface area contributed by atoms with Crippen LogP contribution in [0.2, 0.25) is 0 Å². The summed E-state index contributed by atoms with van der Waals surface area (Å²) >= 11 is 0. The lowest BCUT2D eigenvalue weighted by molar-refractivity contribution is -0.216. The number of ether oxygens (including phenoxy) is 1. The average Bonchev–Trinajstić information content (AvgIpc) is 2.20. The molecule has 0 N–H and O–H groups in total. The van der Waals surface area contributed by atoms with Crippen LogP contribution in [0.5, 0.6) is 5.75 Å². The number of rotatable bonds is 3. The molecule has 0 radical (unpaired) electrons. The van der Waals surface area contributed by atoms with Gasteiger partial charge in [-0.2, -0.15) is 13.2 Å². The number of hydrogen-bond donors (Lipinski definition) is 0. The van der Waals surface area contributed by atoms with E-state index in [2.05, 4.69) is 0 Å². The van der Waals surface area contributed by atoms with Gasteiger partial charge >= 0.3 is 6.18 Å². The van der Waals surface area contributed by atoms with E-state index in [0.717, 1.165) is 0 Å². The Morgan fingerprint density at radius 3 is 2.72 bits per heavy atom. The zero-order valence-corrected chi connectivity index (χ0v) is 9.91. The molecule has 3 nitrogen and oxygen atoms in total. The maximum absolute atomic E-state index is 12.5. The predicted molar refractivity (Wildman–Crippen MR) is 59.4 cm³/mol. The van der Waals surface area contributed by atoms with Crippen molar-refractivity contribution in [3.05, 3.63) is 28.7 Å². The number of hydrogen-bond acceptors (Lipinski definition) is 2. The molecule has 6 heteroatoms. The maximum atomic E-state index is 12.5. The van der Waals surface area contributed by atoms with E-state index >= 15 is 0 Å². The van der Waals surface area contributed by atoms with Gasteiger partial charge in [0.15, 0.2) is 5.75 Å². The molecule has 0 bridgehead atoms. The molecule has 1 saturated carbocycles. The van der Waals surface area contributed by atoms with E-state index in [1.807, 2.05) is 0 Å². The SMILES string of the molecule is Cn1cccc(OC[C@@H]2CC[C@H]2C(F)(F)F)c1=O. The fraction of sp³-hybridized carbons (Fsp3) is 0.583. The first-order valence-corrected chi connectivity index (χ1v) is 5.74. The summed E-state index contributed by atoms with van der Waals surface area (Å²) in [7, 11) is 1.57. The first kappa shape index (κ1) is 13.0. The van der Waals surface area contributed by atoms with Gasteiger partial charge < -0.3 is 9.30 Å². The molecule has 1 aliphatic carbocycles. The quantitative estimate of drug-likeness (QED) is 0.836. The Morgan fingerprint density at radius 2 is 2.17 bits per heavy atom. The van der Waals surface area contributed by atoms with E-state index in [1.54, 1.807) is 19.3 Å². The van der Waals surface area contributed by atoms with Gasteiger partial charge in [0.2, 0.25) is 0 Å². The summed E-state index contributed by atoms with van der Waals surface area (Å²) in [5.41, 5.74) is -0.333. The van der Waals surface area contributed by atoms with E-state index in [9.17, 15) is 18.0 Å². The molecule has 0 amide bonds. The van der Waals surface area contributed by atoms with E-state index in [4.69, 9.17) is 4.74 Å². The van der Waals surface area contributed by atoms with Gasteiger partial charge in [-0.05, 0) is 25.0 Å². The van der Waals surface area contributed by atoms with Gasteiger partial charge in [0.25, 0.3) is 5.56 Å².